The number of urea groups is 1. The minimum atomic E-state index is -0.322. The van der Waals surface area contributed by atoms with E-state index < -0.39 is 0 Å². The summed E-state index contributed by atoms with van der Waals surface area (Å²) in [5.41, 5.74) is 1.60. The Morgan fingerprint density at radius 1 is 1.45 bits per heavy atom. The van der Waals surface area contributed by atoms with Crippen LogP contribution in [-0.4, -0.2) is 25.1 Å². The molecule has 0 radical (unpaired) electrons. The van der Waals surface area contributed by atoms with E-state index in [0.29, 0.717) is 6.54 Å². The average molecular weight is 322 g/mol. The molecule has 2 aromatic rings. The maximum Gasteiger partial charge on any atom is 0.315 e. The number of rotatable bonds is 5. The number of carbonyl (C=O) groups excluding carboxylic acids is 1. The minimum absolute atomic E-state index is 0.309. The third-order valence-corrected chi connectivity index (χ3v) is 3.95. The van der Waals surface area contributed by atoms with Crippen LogP contribution < -0.4 is 15.5 Å². The van der Waals surface area contributed by atoms with E-state index in [4.69, 9.17) is 0 Å². The van der Waals surface area contributed by atoms with Gasteiger partial charge in [-0.3, -0.25) is 0 Å². The Morgan fingerprint density at radius 3 is 2.86 bits per heavy atom. The van der Waals surface area contributed by atoms with Crippen molar-refractivity contribution in [3.05, 3.63) is 46.2 Å². The van der Waals surface area contributed by atoms with E-state index >= 15 is 0 Å². The van der Waals surface area contributed by atoms with Crippen molar-refractivity contribution >= 4 is 23.1 Å². The highest BCUT2D eigenvalue weighted by Crippen LogP contribution is 2.25. The first-order valence-electron chi connectivity index (χ1n) is 6.87. The number of hydrogen-bond donors (Lipinski definition) is 2. The van der Waals surface area contributed by atoms with Crippen molar-refractivity contribution in [3.8, 4) is 0 Å². The highest BCUT2D eigenvalue weighted by atomic mass is 32.1. The molecule has 0 spiro atoms. The molecule has 0 aliphatic rings. The number of benzene rings is 1. The summed E-state index contributed by atoms with van der Waals surface area (Å²) < 4.78 is 13.5. The van der Waals surface area contributed by atoms with Gasteiger partial charge in [-0.1, -0.05) is 0 Å². The maximum absolute atomic E-state index is 13.5. The molecule has 0 aliphatic carbocycles. The zero-order valence-corrected chi connectivity index (χ0v) is 13.6. The zero-order chi connectivity index (χ0) is 16.1. The molecule has 0 fully saturated rings. The first kappa shape index (κ1) is 16.2. The molecule has 0 saturated carbocycles. The first-order chi connectivity index (χ1) is 10.5. The maximum atomic E-state index is 13.5. The second kappa shape index (κ2) is 7.22. The molecule has 1 aromatic heterocycles. The summed E-state index contributed by atoms with van der Waals surface area (Å²) in [6.45, 7) is 2.20. The number of carbonyl (C=O) groups is 1. The molecule has 22 heavy (non-hydrogen) atoms. The van der Waals surface area contributed by atoms with Gasteiger partial charge in [0.1, 0.15) is 10.8 Å². The van der Waals surface area contributed by atoms with Gasteiger partial charge in [0.25, 0.3) is 0 Å². The fourth-order valence-electron chi connectivity index (χ4n) is 2.10. The molecular weight excluding hydrogens is 303 g/mol. The normalized spacial score (nSPS) is 11.8. The number of thiazole rings is 1. The summed E-state index contributed by atoms with van der Waals surface area (Å²) in [5.74, 6) is -0.322. The van der Waals surface area contributed by atoms with Crippen LogP contribution in [0.4, 0.5) is 14.9 Å². The number of anilines is 1. The summed E-state index contributed by atoms with van der Waals surface area (Å²) in [4.78, 5) is 17.9. The van der Waals surface area contributed by atoms with Gasteiger partial charge in [-0.05, 0) is 25.1 Å². The quantitative estimate of drug-likeness (QED) is 0.890. The van der Waals surface area contributed by atoms with Crippen molar-refractivity contribution in [1.29, 1.82) is 0 Å². The van der Waals surface area contributed by atoms with Crippen LogP contribution in [0.5, 0.6) is 0 Å². The molecule has 1 atom stereocenters. The lowest BCUT2D eigenvalue weighted by atomic mass is 10.1. The number of nitrogens with zero attached hydrogens (tertiary/aromatic N) is 2. The number of amides is 2. The SMILES string of the molecule is CC(NC(=O)NCc1nccs1)c1cc(F)ccc1N(C)C. The molecule has 7 heteroatoms. The topological polar surface area (TPSA) is 57.3 Å². The smallest absolute Gasteiger partial charge is 0.315 e. The van der Waals surface area contributed by atoms with Crippen molar-refractivity contribution in [2.75, 3.05) is 19.0 Å². The summed E-state index contributed by atoms with van der Waals surface area (Å²) in [6, 6.07) is 3.94. The van der Waals surface area contributed by atoms with Crippen LogP contribution in [0.15, 0.2) is 29.8 Å². The predicted molar refractivity (Wildman–Crippen MR) is 86.6 cm³/mol. The molecule has 2 amide bonds. The molecule has 2 N–H and O–H groups in total. The highest BCUT2D eigenvalue weighted by Gasteiger charge is 2.15. The Kier molecular flexibility index (Phi) is 5.32. The molecular formula is C15H19FN4OS. The van der Waals surface area contributed by atoms with Crippen LogP contribution in [0.2, 0.25) is 0 Å². The summed E-state index contributed by atoms with van der Waals surface area (Å²) in [7, 11) is 3.76. The van der Waals surface area contributed by atoms with Crippen LogP contribution in [0, 0.1) is 5.82 Å². The van der Waals surface area contributed by atoms with Crippen LogP contribution in [0.1, 0.15) is 23.5 Å². The number of nitrogens with one attached hydrogen (secondary N) is 2. The Balaban J connectivity index is 2.00. The van der Waals surface area contributed by atoms with Crippen molar-refractivity contribution in [2.45, 2.75) is 19.5 Å². The Labute approximate surface area is 133 Å². The van der Waals surface area contributed by atoms with Crippen molar-refractivity contribution in [3.63, 3.8) is 0 Å². The lowest BCUT2D eigenvalue weighted by Gasteiger charge is -2.22. The molecule has 1 unspecified atom stereocenters. The van der Waals surface area contributed by atoms with Gasteiger partial charge in [-0.25, -0.2) is 14.2 Å². The van der Waals surface area contributed by atoms with Gasteiger partial charge in [-0.15, -0.1) is 11.3 Å². The monoisotopic (exact) mass is 322 g/mol. The van der Waals surface area contributed by atoms with Gasteiger partial charge < -0.3 is 15.5 Å². The standard InChI is InChI=1S/C15H19FN4OS/c1-10(12-8-11(16)4-5-13(12)20(2)3)19-15(21)18-9-14-17-6-7-22-14/h4-8,10H,9H2,1-3H3,(H2,18,19,21). The summed E-state index contributed by atoms with van der Waals surface area (Å²) in [5, 5.41) is 8.24. The lowest BCUT2D eigenvalue weighted by Crippen LogP contribution is -2.37. The summed E-state index contributed by atoms with van der Waals surface area (Å²) >= 11 is 1.48. The van der Waals surface area contributed by atoms with Gasteiger partial charge >= 0.3 is 6.03 Å². The van der Waals surface area contributed by atoms with E-state index in [0.717, 1.165) is 16.3 Å². The third kappa shape index (κ3) is 4.17. The second-order valence-electron chi connectivity index (χ2n) is 5.07. The molecule has 5 nitrogen and oxygen atoms in total. The number of aromatic nitrogens is 1. The molecule has 118 valence electrons. The van der Waals surface area contributed by atoms with Gasteiger partial charge in [0.05, 0.1) is 12.6 Å². The molecule has 0 aliphatic heterocycles. The lowest BCUT2D eigenvalue weighted by molar-refractivity contribution is 0.237. The van der Waals surface area contributed by atoms with E-state index in [1.54, 1.807) is 12.3 Å². The number of hydrogen-bond acceptors (Lipinski definition) is 4. The predicted octanol–water partition coefficient (Wildman–Crippen LogP) is 2.91. The molecule has 0 bridgehead atoms. The summed E-state index contributed by atoms with van der Waals surface area (Å²) in [6.07, 6.45) is 1.69. The fraction of sp³-hybridized carbons (Fsp3) is 0.333. The van der Waals surface area contributed by atoms with Crippen LogP contribution in [0.25, 0.3) is 0 Å². The molecule has 0 saturated heterocycles. The van der Waals surface area contributed by atoms with Gasteiger partial charge in [-0.2, -0.15) is 0 Å². The van der Waals surface area contributed by atoms with Crippen LogP contribution in [-0.2, 0) is 6.54 Å². The first-order valence-corrected chi connectivity index (χ1v) is 7.75. The fourth-order valence-corrected chi connectivity index (χ4v) is 2.66. The molecule has 1 heterocycles. The van der Waals surface area contributed by atoms with E-state index in [1.807, 2.05) is 31.3 Å². The van der Waals surface area contributed by atoms with Crippen LogP contribution >= 0.6 is 11.3 Å². The Morgan fingerprint density at radius 2 is 2.23 bits per heavy atom. The van der Waals surface area contributed by atoms with Crippen LogP contribution in [0.3, 0.4) is 0 Å². The van der Waals surface area contributed by atoms with Crippen molar-refractivity contribution < 1.29 is 9.18 Å². The van der Waals surface area contributed by atoms with Crippen molar-refractivity contribution in [1.82, 2.24) is 15.6 Å². The van der Waals surface area contributed by atoms with Gasteiger partial charge in [0.2, 0.25) is 0 Å². The molecule has 2 rings (SSSR count). The average Bonchev–Trinajstić information content (AvgIpc) is 2.98. The van der Waals surface area contributed by atoms with Crippen molar-refractivity contribution in [2.24, 2.45) is 0 Å². The van der Waals surface area contributed by atoms with E-state index in [1.165, 1.54) is 23.5 Å². The second-order valence-corrected chi connectivity index (χ2v) is 6.05. The molecule has 1 aromatic carbocycles. The van der Waals surface area contributed by atoms with E-state index in [2.05, 4.69) is 15.6 Å². The third-order valence-electron chi connectivity index (χ3n) is 3.17. The van der Waals surface area contributed by atoms with E-state index in [9.17, 15) is 9.18 Å². The van der Waals surface area contributed by atoms with Gasteiger partial charge in [0, 0.05) is 36.9 Å². The number of halogens is 1. The zero-order valence-electron chi connectivity index (χ0n) is 12.8. The highest BCUT2D eigenvalue weighted by molar-refractivity contribution is 7.09. The Hall–Kier alpha value is -2.15. The largest absolute Gasteiger partial charge is 0.377 e. The minimum Gasteiger partial charge on any atom is -0.377 e. The van der Waals surface area contributed by atoms with Gasteiger partial charge in [0.15, 0.2) is 0 Å². The Bertz CT molecular complexity index is 630. The van der Waals surface area contributed by atoms with E-state index in [-0.39, 0.29) is 17.9 Å².